The first kappa shape index (κ1) is 40.4. The van der Waals surface area contributed by atoms with E-state index in [1.54, 1.807) is 0 Å². The van der Waals surface area contributed by atoms with Gasteiger partial charge >= 0.3 is 0 Å². The Morgan fingerprint density at radius 1 is 0.667 bits per heavy atom. The summed E-state index contributed by atoms with van der Waals surface area (Å²) in [4.78, 5) is 2.59. The summed E-state index contributed by atoms with van der Waals surface area (Å²) in [7, 11) is 0. The zero-order chi connectivity index (χ0) is 34.6. The van der Waals surface area contributed by atoms with Crippen molar-refractivity contribution in [3.05, 3.63) is 0 Å². The molecule has 0 saturated heterocycles. The number of hydrogen-bond acceptors (Lipinski definition) is 9. The van der Waals surface area contributed by atoms with Crippen molar-refractivity contribution in [1.82, 2.24) is 4.90 Å². The van der Waals surface area contributed by atoms with Crippen LogP contribution >= 0.6 is 0 Å². The van der Waals surface area contributed by atoms with Crippen LogP contribution < -0.4 is 28.7 Å². The molecule has 0 aromatic carbocycles. The monoisotopic (exact) mass is 679 g/mol. The standard InChI is InChI=1S/C39H78N6O3/c1-29(10-4-20-45(21-5-15-40)22-6-16-41)32-11-12-33-37-34(28-36(39(32,33)3)48-25-9-19-44)38(2)14-13-31(46-23-7-17-42)26-30(38)27-35(37)47-24-8-18-43/h29-37H,4-28,40-44H2,1-3H3/t29-,30?,31-,32?,33+,34+,35-,36+,37?,38+,39?/m1/s1. The van der Waals surface area contributed by atoms with E-state index in [-0.39, 0.29) is 11.5 Å². The van der Waals surface area contributed by atoms with Gasteiger partial charge in [0.1, 0.15) is 0 Å². The summed E-state index contributed by atoms with van der Waals surface area (Å²) in [5.74, 6) is 3.75. The molecule has 10 N–H and O–H groups in total. The Hall–Kier alpha value is -0.360. The number of nitrogens with zero attached hydrogens (tertiary/aromatic N) is 1. The van der Waals surface area contributed by atoms with Crippen molar-refractivity contribution in [3.8, 4) is 0 Å². The molecule has 0 spiro atoms. The van der Waals surface area contributed by atoms with Crippen molar-refractivity contribution in [1.29, 1.82) is 0 Å². The Labute approximate surface area is 294 Å². The van der Waals surface area contributed by atoms with Gasteiger partial charge < -0.3 is 47.8 Å². The summed E-state index contributed by atoms with van der Waals surface area (Å²) >= 11 is 0. The summed E-state index contributed by atoms with van der Waals surface area (Å²) in [6.07, 6.45) is 16.8. The quantitative estimate of drug-likeness (QED) is 0.0982. The Morgan fingerprint density at radius 3 is 1.92 bits per heavy atom. The fraction of sp³-hybridized carbons (Fsp3) is 1.00. The molecule has 4 saturated carbocycles. The maximum absolute atomic E-state index is 7.04. The van der Waals surface area contributed by atoms with E-state index in [4.69, 9.17) is 42.9 Å². The van der Waals surface area contributed by atoms with Gasteiger partial charge in [0, 0.05) is 25.2 Å². The molecule has 282 valence electrons. The number of fused-ring (bicyclic) bond motifs is 5. The highest BCUT2D eigenvalue weighted by atomic mass is 16.5. The fourth-order valence-corrected chi connectivity index (χ4v) is 11.4. The predicted molar refractivity (Wildman–Crippen MR) is 198 cm³/mol. The molecule has 0 bridgehead atoms. The van der Waals surface area contributed by atoms with E-state index in [0.29, 0.717) is 72.8 Å². The van der Waals surface area contributed by atoms with Gasteiger partial charge in [0.2, 0.25) is 0 Å². The topological polar surface area (TPSA) is 161 Å². The van der Waals surface area contributed by atoms with Gasteiger partial charge in [-0.25, -0.2) is 0 Å². The molecular weight excluding hydrogens is 600 g/mol. The summed E-state index contributed by atoms with van der Waals surface area (Å²) in [5, 5.41) is 0. The van der Waals surface area contributed by atoms with Crippen LogP contribution in [0.4, 0.5) is 0 Å². The van der Waals surface area contributed by atoms with Crippen molar-refractivity contribution < 1.29 is 14.2 Å². The van der Waals surface area contributed by atoms with Crippen molar-refractivity contribution in [3.63, 3.8) is 0 Å². The largest absolute Gasteiger partial charge is 0.378 e. The summed E-state index contributed by atoms with van der Waals surface area (Å²) in [5.41, 5.74) is 29.9. The van der Waals surface area contributed by atoms with Gasteiger partial charge in [-0.2, -0.15) is 0 Å². The average molecular weight is 679 g/mol. The van der Waals surface area contributed by atoms with Crippen LogP contribution in [0.1, 0.15) is 111 Å². The molecule has 4 fully saturated rings. The summed E-state index contributed by atoms with van der Waals surface area (Å²) in [6, 6.07) is 0. The highest BCUT2D eigenvalue weighted by Gasteiger charge is 2.66. The summed E-state index contributed by atoms with van der Waals surface area (Å²) in [6.45, 7) is 17.0. The van der Waals surface area contributed by atoms with Crippen molar-refractivity contribution in [2.24, 2.45) is 75.0 Å². The van der Waals surface area contributed by atoms with E-state index in [1.165, 1.54) is 32.1 Å². The van der Waals surface area contributed by atoms with Crippen LogP contribution in [0.5, 0.6) is 0 Å². The highest BCUT2D eigenvalue weighted by molar-refractivity contribution is 5.15. The zero-order valence-electron chi connectivity index (χ0n) is 31.4. The van der Waals surface area contributed by atoms with Crippen LogP contribution in [0.25, 0.3) is 0 Å². The second-order valence-electron chi connectivity index (χ2n) is 16.7. The van der Waals surface area contributed by atoms with E-state index in [0.717, 1.165) is 110 Å². The van der Waals surface area contributed by atoms with Gasteiger partial charge in [-0.05, 0) is 183 Å². The Bertz CT molecular complexity index is 892. The summed E-state index contributed by atoms with van der Waals surface area (Å²) < 4.78 is 20.4. The van der Waals surface area contributed by atoms with Crippen LogP contribution in [0.2, 0.25) is 0 Å². The number of ether oxygens (including phenoxy) is 3. The van der Waals surface area contributed by atoms with E-state index < -0.39 is 0 Å². The predicted octanol–water partition coefficient (Wildman–Crippen LogP) is 4.48. The molecular formula is C39H78N6O3. The van der Waals surface area contributed by atoms with Crippen LogP contribution in [-0.4, -0.2) is 95.4 Å². The SMILES string of the molecule is C[C@H](CCCN(CCCN)CCCN)C1CC[C@H]2C3[C@H](OCCCN)CC4C[C@H](OCCCN)CC[C@]4(C)[C@H]3C[C@H](OCCCN)C12C. The molecule has 0 aromatic heterocycles. The van der Waals surface area contributed by atoms with Crippen LogP contribution in [0.3, 0.4) is 0 Å². The van der Waals surface area contributed by atoms with E-state index >= 15 is 0 Å². The van der Waals surface area contributed by atoms with Crippen molar-refractivity contribution in [2.45, 2.75) is 129 Å². The fourth-order valence-electron chi connectivity index (χ4n) is 11.4. The van der Waals surface area contributed by atoms with Gasteiger partial charge in [-0.15, -0.1) is 0 Å². The highest BCUT2D eigenvalue weighted by Crippen LogP contribution is 2.69. The second-order valence-corrected chi connectivity index (χ2v) is 16.7. The minimum Gasteiger partial charge on any atom is -0.378 e. The lowest BCUT2D eigenvalue weighted by Gasteiger charge is -2.65. The molecule has 4 aliphatic carbocycles. The third kappa shape index (κ3) is 9.54. The molecule has 9 nitrogen and oxygen atoms in total. The number of hydrogen-bond donors (Lipinski definition) is 5. The number of rotatable bonds is 23. The Morgan fingerprint density at radius 2 is 1.27 bits per heavy atom. The van der Waals surface area contributed by atoms with Crippen LogP contribution in [-0.2, 0) is 14.2 Å². The minimum absolute atomic E-state index is 0.148. The van der Waals surface area contributed by atoms with E-state index in [2.05, 4.69) is 25.7 Å². The maximum Gasteiger partial charge on any atom is 0.0637 e. The van der Waals surface area contributed by atoms with Gasteiger partial charge in [0.25, 0.3) is 0 Å². The average Bonchev–Trinajstić information content (AvgIpc) is 3.44. The van der Waals surface area contributed by atoms with E-state index in [1.807, 2.05) is 0 Å². The molecule has 4 aliphatic rings. The molecule has 4 rings (SSSR count). The van der Waals surface area contributed by atoms with Crippen LogP contribution in [0.15, 0.2) is 0 Å². The lowest BCUT2D eigenvalue weighted by Crippen LogP contribution is -2.63. The van der Waals surface area contributed by atoms with Gasteiger partial charge in [0.05, 0.1) is 18.3 Å². The van der Waals surface area contributed by atoms with Crippen molar-refractivity contribution >= 4 is 0 Å². The third-order valence-electron chi connectivity index (χ3n) is 14.0. The molecule has 48 heavy (non-hydrogen) atoms. The molecule has 0 radical (unpaired) electrons. The molecule has 9 heteroatoms. The minimum atomic E-state index is 0.148. The molecule has 0 aromatic rings. The zero-order valence-corrected chi connectivity index (χ0v) is 31.4. The molecule has 0 amide bonds. The number of nitrogens with two attached hydrogens (primary N) is 5. The molecule has 0 aliphatic heterocycles. The molecule has 4 unspecified atom stereocenters. The first-order chi connectivity index (χ1) is 23.3. The van der Waals surface area contributed by atoms with Crippen LogP contribution in [0, 0.1) is 46.3 Å². The third-order valence-corrected chi connectivity index (χ3v) is 14.0. The lowest BCUT2D eigenvalue weighted by atomic mass is 9.43. The smallest absolute Gasteiger partial charge is 0.0637 e. The maximum atomic E-state index is 7.04. The molecule has 11 atom stereocenters. The first-order valence-electron chi connectivity index (χ1n) is 20.4. The van der Waals surface area contributed by atoms with Crippen molar-refractivity contribution in [2.75, 3.05) is 72.2 Å². The second kappa shape index (κ2) is 20.0. The van der Waals surface area contributed by atoms with Gasteiger partial charge in [-0.1, -0.05) is 20.8 Å². The van der Waals surface area contributed by atoms with Gasteiger partial charge in [0.15, 0.2) is 0 Å². The normalized spacial score (nSPS) is 36.9. The Balaban J connectivity index is 1.55. The first-order valence-corrected chi connectivity index (χ1v) is 20.4. The molecule has 0 heterocycles. The lowest BCUT2D eigenvalue weighted by molar-refractivity contribution is -0.227. The Kier molecular flexibility index (Phi) is 16.9. The van der Waals surface area contributed by atoms with Gasteiger partial charge in [-0.3, -0.25) is 0 Å². The van der Waals surface area contributed by atoms with E-state index in [9.17, 15) is 0 Å².